The largest absolute Gasteiger partial charge is 0.463 e. The lowest BCUT2D eigenvalue weighted by atomic mass is 10.2. The smallest absolute Gasteiger partial charge is 0.330 e. The summed E-state index contributed by atoms with van der Waals surface area (Å²) in [7, 11) is -3.04. The van der Waals surface area contributed by atoms with Crippen molar-refractivity contribution in [3.63, 3.8) is 0 Å². The molecule has 0 saturated heterocycles. The second-order valence-corrected chi connectivity index (χ2v) is 8.76. The van der Waals surface area contributed by atoms with Gasteiger partial charge < -0.3 is 18.5 Å². The predicted octanol–water partition coefficient (Wildman–Crippen LogP) is 5.20. The van der Waals surface area contributed by atoms with Crippen molar-refractivity contribution in [2.24, 2.45) is 0 Å². The summed E-state index contributed by atoms with van der Waals surface area (Å²) < 4.78 is 33.7. The maximum Gasteiger partial charge on any atom is 0.330 e. The molecule has 7 nitrogen and oxygen atoms in total. The Kier molecular flexibility index (Phi) is 17.7. The van der Waals surface area contributed by atoms with E-state index in [4.69, 9.17) is 18.5 Å². The molecule has 0 unspecified atom stereocenters. The first-order chi connectivity index (χ1) is 14.0. The number of rotatable bonds is 20. The number of hydrogen-bond donors (Lipinski definition) is 0. The molecule has 0 heterocycles. The minimum Gasteiger partial charge on any atom is -0.463 e. The van der Waals surface area contributed by atoms with Crippen LogP contribution in [0, 0.1) is 0 Å². The molecule has 0 aliphatic rings. The molecule has 0 fully saturated rings. The lowest BCUT2D eigenvalue weighted by molar-refractivity contribution is -0.138. The zero-order valence-electron chi connectivity index (χ0n) is 17.8. The highest BCUT2D eigenvalue weighted by Gasteiger charge is 2.22. The fourth-order valence-electron chi connectivity index (χ4n) is 2.43. The number of carbonyl (C=O) groups is 2. The van der Waals surface area contributed by atoms with E-state index < -0.39 is 19.5 Å². The van der Waals surface area contributed by atoms with E-state index in [9.17, 15) is 14.2 Å². The first-order valence-corrected chi connectivity index (χ1v) is 12.2. The Hall–Kier alpha value is -1.43. The van der Waals surface area contributed by atoms with Crippen LogP contribution in [0.3, 0.4) is 0 Å². The lowest BCUT2D eigenvalue weighted by Gasteiger charge is -2.18. The van der Waals surface area contributed by atoms with E-state index in [0.717, 1.165) is 69.9 Å². The molecule has 0 aromatic heterocycles. The molecule has 8 heteroatoms. The summed E-state index contributed by atoms with van der Waals surface area (Å²) in [5.74, 6) is -0.802. The van der Waals surface area contributed by atoms with Crippen LogP contribution in [0.15, 0.2) is 25.3 Å². The molecule has 0 atom stereocenters. The van der Waals surface area contributed by atoms with E-state index in [1.807, 2.05) is 6.92 Å². The number of esters is 2. The highest BCUT2D eigenvalue weighted by molar-refractivity contribution is 7.53. The first-order valence-electron chi connectivity index (χ1n) is 10.4. The fraction of sp³-hybridized carbons (Fsp3) is 0.714. The van der Waals surface area contributed by atoms with Crippen molar-refractivity contribution in [3.8, 4) is 0 Å². The Morgan fingerprint density at radius 1 is 0.724 bits per heavy atom. The normalized spacial score (nSPS) is 11.1. The molecule has 0 amide bonds. The van der Waals surface area contributed by atoms with Gasteiger partial charge >= 0.3 is 19.5 Å². The number of hydrogen-bond acceptors (Lipinski definition) is 7. The quantitative estimate of drug-likeness (QED) is 0.113. The second-order valence-electron chi connectivity index (χ2n) is 6.57. The molecule has 0 radical (unpaired) electrons. The average Bonchev–Trinajstić information content (AvgIpc) is 2.71. The summed E-state index contributed by atoms with van der Waals surface area (Å²) in [6.45, 7) is 10.2. The van der Waals surface area contributed by atoms with Crippen LogP contribution < -0.4 is 0 Å². The lowest BCUT2D eigenvalue weighted by Crippen LogP contribution is -2.04. The van der Waals surface area contributed by atoms with Crippen LogP contribution in [0.1, 0.15) is 64.7 Å². The van der Waals surface area contributed by atoms with E-state index in [1.165, 1.54) is 0 Å². The third kappa shape index (κ3) is 17.2. The molecule has 0 rings (SSSR count). The summed E-state index contributed by atoms with van der Waals surface area (Å²) in [4.78, 5) is 21.8. The summed E-state index contributed by atoms with van der Waals surface area (Å²) in [5, 5.41) is 0. The van der Waals surface area contributed by atoms with Crippen molar-refractivity contribution in [1.82, 2.24) is 0 Å². The van der Waals surface area contributed by atoms with Crippen molar-refractivity contribution in [2.75, 3.05) is 32.6 Å². The van der Waals surface area contributed by atoms with Crippen LogP contribution >= 0.6 is 7.60 Å². The van der Waals surface area contributed by atoms with Gasteiger partial charge in [0.1, 0.15) is 0 Å². The van der Waals surface area contributed by atoms with Gasteiger partial charge in [-0.1, -0.05) is 32.9 Å². The van der Waals surface area contributed by atoms with Crippen molar-refractivity contribution in [2.45, 2.75) is 64.7 Å². The maximum absolute atomic E-state index is 12.7. The van der Waals surface area contributed by atoms with E-state index >= 15 is 0 Å². The van der Waals surface area contributed by atoms with Gasteiger partial charge in [0.2, 0.25) is 0 Å². The predicted molar refractivity (Wildman–Crippen MR) is 114 cm³/mol. The minimum atomic E-state index is -3.04. The molecule has 168 valence electrons. The zero-order chi connectivity index (χ0) is 21.8. The average molecular weight is 432 g/mol. The molecule has 0 N–H and O–H groups in total. The summed E-state index contributed by atoms with van der Waals surface area (Å²) in [6, 6.07) is 0. The number of ether oxygens (including phenoxy) is 2. The number of carbonyl (C=O) groups excluding carboxylic acids is 2. The van der Waals surface area contributed by atoms with Crippen LogP contribution in [0.5, 0.6) is 0 Å². The molecule has 29 heavy (non-hydrogen) atoms. The first kappa shape index (κ1) is 27.6. The number of unbranched alkanes of at least 4 members (excludes halogenated alkanes) is 6. The molecule has 0 spiro atoms. The summed E-state index contributed by atoms with van der Waals surface area (Å²) in [5.41, 5.74) is 0. The molecule has 0 aromatic rings. The fourth-order valence-corrected chi connectivity index (χ4v) is 4.12. The molecule has 0 saturated carbocycles. The summed E-state index contributed by atoms with van der Waals surface area (Å²) in [6.07, 6.45) is 10.3. The van der Waals surface area contributed by atoms with Crippen LogP contribution in [-0.4, -0.2) is 44.5 Å². The van der Waals surface area contributed by atoms with Gasteiger partial charge in [0.05, 0.1) is 26.4 Å². The minimum absolute atomic E-state index is 0.389. The molecule has 0 aromatic carbocycles. The van der Waals surface area contributed by atoms with Crippen LogP contribution in [-0.2, 0) is 32.7 Å². The Morgan fingerprint density at radius 3 is 1.45 bits per heavy atom. The van der Waals surface area contributed by atoms with Crippen LogP contribution in [0.2, 0.25) is 0 Å². The van der Waals surface area contributed by atoms with E-state index in [0.29, 0.717) is 32.6 Å². The van der Waals surface area contributed by atoms with Gasteiger partial charge in [-0.3, -0.25) is 4.57 Å². The van der Waals surface area contributed by atoms with Gasteiger partial charge in [0.25, 0.3) is 0 Å². The topological polar surface area (TPSA) is 88.1 Å². The Labute approximate surface area is 175 Å². The van der Waals surface area contributed by atoms with Gasteiger partial charge in [-0.15, -0.1) is 0 Å². The van der Waals surface area contributed by atoms with Crippen molar-refractivity contribution in [1.29, 1.82) is 0 Å². The van der Waals surface area contributed by atoms with E-state index in [1.54, 1.807) is 0 Å². The molecular weight excluding hydrogens is 395 g/mol. The molecule has 0 aliphatic carbocycles. The Balaban J connectivity index is 3.76. The van der Waals surface area contributed by atoms with Crippen molar-refractivity contribution >= 4 is 19.5 Å². The van der Waals surface area contributed by atoms with Crippen LogP contribution in [0.25, 0.3) is 0 Å². The van der Waals surface area contributed by atoms with Crippen molar-refractivity contribution < 1.29 is 32.7 Å². The maximum atomic E-state index is 12.7. The zero-order valence-corrected chi connectivity index (χ0v) is 18.7. The highest BCUT2D eigenvalue weighted by atomic mass is 31.2. The highest BCUT2D eigenvalue weighted by Crippen LogP contribution is 2.49. The molecule has 0 bridgehead atoms. The van der Waals surface area contributed by atoms with E-state index in [2.05, 4.69) is 13.2 Å². The third-order valence-electron chi connectivity index (χ3n) is 3.97. The SMILES string of the molecule is C=CC(=O)OCCCCCCOP(=O)(CCC)OCCCCCCOC(=O)C=C. The molecule has 0 aliphatic heterocycles. The van der Waals surface area contributed by atoms with Crippen molar-refractivity contribution in [3.05, 3.63) is 25.3 Å². The van der Waals surface area contributed by atoms with Gasteiger partial charge in [-0.25, -0.2) is 9.59 Å². The third-order valence-corrected chi connectivity index (χ3v) is 6.12. The van der Waals surface area contributed by atoms with Gasteiger partial charge in [-0.05, 0) is 44.9 Å². The van der Waals surface area contributed by atoms with Gasteiger partial charge in [0, 0.05) is 18.3 Å². The molecular formula is C21H37O7P. The van der Waals surface area contributed by atoms with E-state index in [-0.39, 0.29) is 0 Å². The van der Waals surface area contributed by atoms with Crippen LogP contribution in [0.4, 0.5) is 0 Å². The Bertz CT molecular complexity index is 479. The van der Waals surface area contributed by atoms with Gasteiger partial charge in [0.15, 0.2) is 0 Å². The monoisotopic (exact) mass is 432 g/mol. The standard InChI is InChI=1S/C21H37O7P/c1-4-19-29(24,27-17-13-9-7-11-15-25-20(22)5-2)28-18-14-10-8-12-16-26-21(23)6-3/h5-6H,2-4,7-19H2,1H3. The summed E-state index contributed by atoms with van der Waals surface area (Å²) >= 11 is 0. The second kappa shape index (κ2) is 18.6. The van der Waals surface area contributed by atoms with Gasteiger partial charge in [-0.2, -0.15) is 0 Å². The Morgan fingerprint density at radius 2 is 1.10 bits per heavy atom.